The molecule has 1 saturated heterocycles. The molecule has 0 radical (unpaired) electrons. The summed E-state index contributed by atoms with van der Waals surface area (Å²) in [5.74, 6) is 1.06. The molecule has 1 fully saturated rings. The number of carbonyl (C=O) groups is 1. The lowest BCUT2D eigenvalue weighted by Gasteiger charge is -2.38. The number of carboxylic acids is 1. The number of nitrogens with one attached hydrogen (secondary N) is 2. The van der Waals surface area contributed by atoms with Gasteiger partial charge in [0.05, 0.1) is 5.92 Å². The number of fused-ring (bicyclic) bond motifs is 2. The summed E-state index contributed by atoms with van der Waals surface area (Å²) in [6.45, 7) is 1.93. The van der Waals surface area contributed by atoms with Gasteiger partial charge in [0.25, 0.3) is 0 Å². The number of anilines is 1. The summed E-state index contributed by atoms with van der Waals surface area (Å²) in [6.07, 6.45) is 1.16. The van der Waals surface area contributed by atoms with Gasteiger partial charge >= 0.3 is 5.97 Å². The normalized spacial score (nSPS) is 22.5. The van der Waals surface area contributed by atoms with Crippen LogP contribution in [0.25, 0.3) is 0 Å². The van der Waals surface area contributed by atoms with E-state index in [-0.39, 0.29) is 12.7 Å². The molecule has 2 aromatic rings. The van der Waals surface area contributed by atoms with Gasteiger partial charge < -0.3 is 24.8 Å². The molecule has 2 aromatic carbocycles. The minimum Gasteiger partial charge on any atom is -0.481 e. The van der Waals surface area contributed by atoms with E-state index < -0.39 is 11.1 Å². The predicted octanol–water partition coefficient (Wildman–Crippen LogP) is 3.13. The van der Waals surface area contributed by atoms with Gasteiger partial charge in [0, 0.05) is 30.9 Å². The first kappa shape index (κ1) is 20.0. The highest BCUT2D eigenvalue weighted by molar-refractivity contribution is 6.25. The Morgan fingerprint density at radius 1 is 1.23 bits per heavy atom. The van der Waals surface area contributed by atoms with Crippen LogP contribution in [-0.2, 0) is 16.5 Å². The number of guanidine groups is 1. The molecule has 3 N–H and O–H groups in total. The number of nitrogens with zero attached hydrogens (tertiary/aromatic N) is 2. The third kappa shape index (κ3) is 3.88. The summed E-state index contributed by atoms with van der Waals surface area (Å²) in [5.41, 5.74) is 2.71. The van der Waals surface area contributed by atoms with Crippen molar-refractivity contribution in [1.29, 1.82) is 0 Å². The standard InChI is InChI=1S/C22H23ClN4O4/c23-22(24-12-14-5-6-18-19(11-14)31-13-30-18)16-3-1-2-4-17(16)25-21(26-22)27-9-7-15(8-10-27)20(28)29/h1-6,11,15,24H,7-10,12-13H2,(H,25,26)(H,28,29). The fraction of sp³-hybridized carbons (Fsp3) is 0.364. The van der Waals surface area contributed by atoms with Gasteiger partial charge in [0.1, 0.15) is 0 Å². The molecule has 1 unspecified atom stereocenters. The molecule has 0 aromatic heterocycles. The lowest BCUT2D eigenvalue weighted by molar-refractivity contribution is -0.143. The molecule has 3 aliphatic rings. The van der Waals surface area contributed by atoms with Crippen LogP contribution >= 0.6 is 11.6 Å². The summed E-state index contributed by atoms with van der Waals surface area (Å²) >= 11 is 7.05. The molecule has 9 heteroatoms. The quantitative estimate of drug-likeness (QED) is 0.494. The minimum atomic E-state index is -1.16. The van der Waals surface area contributed by atoms with E-state index in [9.17, 15) is 9.90 Å². The van der Waals surface area contributed by atoms with Crippen LogP contribution in [0, 0.1) is 5.92 Å². The van der Waals surface area contributed by atoms with Crippen molar-refractivity contribution in [3.8, 4) is 11.5 Å². The van der Waals surface area contributed by atoms with Crippen molar-refractivity contribution in [2.45, 2.75) is 24.5 Å². The Balaban J connectivity index is 1.38. The molecule has 162 valence electrons. The smallest absolute Gasteiger partial charge is 0.306 e. The van der Waals surface area contributed by atoms with Crippen LogP contribution in [0.4, 0.5) is 5.69 Å². The van der Waals surface area contributed by atoms with E-state index in [1.54, 1.807) is 0 Å². The molecular formula is C22H23ClN4O4. The van der Waals surface area contributed by atoms with E-state index in [2.05, 4.69) is 15.5 Å². The zero-order valence-electron chi connectivity index (χ0n) is 16.8. The highest BCUT2D eigenvalue weighted by Crippen LogP contribution is 2.38. The molecule has 31 heavy (non-hydrogen) atoms. The molecule has 0 spiro atoms. The van der Waals surface area contributed by atoms with E-state index in [0.717, 1.165) is 28.3 Å². The largest absolute Gasteiger partial charge is 0.481 e. The first-order valence-corrected chi connectivity index (χ1v) is 10.7. The van der Waals surface area contributed by atoms with E-state index in [4.69, 9.17) is 26.1 Å². The number of aliphatic carboxylic acids is 1. The number of aliphatic imine (C=N–C) groups is 1. The molecule has 0 saturated carbocycles. The lowest BCUT2D eigenvalue weighted by atomic mass is 9.97. The second kappa shape index (κ2) is 7.94. The second-order valence-corrected chi connectivity index (χ2v) is 8.42. The average molecular weight is 443 g/mol. The topological polar surface area (TPSA) is 95.4 Å². The van der Waals surface area contributed by atoms with Crippen LogP contribution in [-0.4, -0.2) is 41.8 Å². The molecule has 5 rings (SSSR count). The number of hydrogen-bond acceptors (Lipinski definition) is 7. The fourth-order valence-corrected chi connectivity index (χ4v) is 4.44. The Bertz CT molecular complexity index is 1040. The van der Waals surface area contributed by atoms with Crippen molar-refractivity contribution in [2.24, 2.45) is 10.9 Å². The minimum absolute atomic E-state index is 0.233. The van der Waals surface area contributed by atoms with Crippen LogP contribution < -0.4 is 20.1 Å². The molecule has 8 nitrogen and oxygen atoms in total. The molecule has 3 aliphatic heterocycles. The van der Waals surface area contributed by atoms with Gasteiger partial charge in [0.15, 0.2) is 11.5 Å². The number of carboxylic acid groups (broad SMARTS) is 1. The van der Waals surface area contributed by atoms with Crippen molar-refractivity contribution >= 4 is 29.2 Å². The first-order valence-electron chi connectivity index (χ1n) is 10.3. The number of hydrogen-bond donors (Lipinski definition) is 3. The third-order valence-corrected chi connectivity index (χ3v) is 6.32. The molecule has 1 atom stereocenters. The maximum absolute atomic E-state index is 11.3. The van der Waals surface area contributed by atoms with E-state index >= 15 is 0 Å². The Morgan fingerprint density at radius 3 is 2.81 bits per heavy atom. The zero-order valence-corrected chi connectivity index (χ0v) is 17.6. The van der Waals surface area contributed by atoms with Gasteiger partial charge in [-0.05, 0) is 36.6 Å². The highest BCUT2D eigenvalue weighted by atomic mass is 35.5. The van der Waals surface area contributed by atoms with Gasteiger partial charge in [-0.25, -0.2) is 4.99 Å². The van der Waals surface area contributed by atoms with Gasteiger partial charge in [0.2, 0.25) is 17.9 Å². The van der Waals surface area contributed by atoms with Crippen molar-refractivity contribution < 1.29 is 19.4 Å². The van der Waals surface area contributed by atoms with Crippen LogP contribution in [0.15, 0.2) is 47.5 Å². The zero-order chi connectivity index (χ0) is 21.4. The highest BCUT2D eigenvalue weighted by Gasteiger charge is 2.37. The summed E-state index contributed by atoms with van der Waals surface area (Å²) in [4.78, 5) is 18.2. The Labute approximate surface area is 184 Å². The number of para-hydroxylation sites is 1. The monoisotopic (exact) mass is 442 g/mol. The first-order chi connectivity index (χ1) is 15.0. The van der Waals surface area contributed by atoms with Crippen LogP contribution in [0.5, 0.6) is 11.5 Å². The number of alkyl halides is 1. The molecule has 3 heterocycles. The maximum atomic E-state index is 11.3. The Hall–Kier alpha value is -2.97. The van der Waals surface area contributed by atoms with Crippen molar-refractivity contribution in [3.05, 3.63) is 53.6 Å². The number of likely N-dealkylation sites (tertiary alicyclic amines) is 1. The molecule has 0 aliphatic carbocycles. The van der Waals surface area contributed by atoms with E-state index in [0.29, 0.717) is 38.4 Å². The van der Waals surface area contributed by atoms with Gasteiger partial charge in [-0.1, -0.05) is 35.9 Å². The van der Waals surface area contributed by atoms with Crippen molar-refractivity contribution in [2.75, 3.05) is 25.2 Å². The van der Waals surface area contributed by atoms with Crippen LogP contribution in [0.1, 0.15) is 24.0 Å². The Morgan fingerprint density at radius 2 is 2.00 bits per heavy atom. The summed E-state index contributed by atoms with van der Waals surface area (Å²) in [6, 6.07) is 13.6. The summed E-state index contributed by atoms with van der Waals surface area (Å²) in [5, 5.41) is 14.9. The van der Waals surface area contributed by atoms with Crippen LogP contribution in [0.3, 0.4) is 0 Å². The maximum Gasteiger partial charge on any atom is 0.306 e. The van der Waals surface area contributed by atoms with E-state index in [1.807, 2.05) is 42.5 Å². The molecular weight excluding hydrogens is 420 g/mol. The number of ether oxygens (including phenoxy) is 2. The summed E-state index contributed by atoms with van der Waals surface area (Å²) < 4.78 is 10.8. The SMILES string of the molecule is O=C(O)C1CCN(C2=NC(Cl)(NCc3ccc4c(c3)OCO4)c3ccccc3N2)CC1. The van der Waals surface area contributed by atoms with Gasteiger partial charge in [-0.2, -0.15) is 0 Å². The Kier molecular flexibility index (Phi) is 5.11. The average Bonchev–Trinajstić information content (AvgIpc) is 3.26. The van der Waals surface area contributed by atoms with E-state index in [1.165, 1.54) is 0 Å². The van der Waals surface area contributed by atoms with Crippen molar-refractivity contribution in [1.82, 2.24) is 10.2 Å². The molecule has 0 bridgehead atoms. The lowest BCUT2D eigenvalue weighted by Crippen LogP contribution is -2.48. The molecule has 0 amide bonds. The fourth-order valence-electron chi connectivity index (χ4n) is 4.13. The number of benzene rings is 2. The second-order valence-electron chi connectivity index (χ2n) is 7.87. The van der Waals surface area contributed by atoms with Crippen LogP contribution in [0.2, 0.25) is 0 Å². The third-order valence-electron chi connectivity index (χ3n) is 5.90. The summed E-state index contributed by atoms with van der Waals surface area (Å²) in [7, 11) is 0. The van der Waals surface area contributed by atoms with Crippen molar-refractivity contribution in [3.63, 3.8) is 0 Å². The predicted molar refractivity (Wildman–Crippen MR) is 116 cm³/mol. The van der Waals surface area contributed by atoms with Gasteiger partial charge in [-0.3, -0.25) is 10.1 Å². The number of rotatable bonds is 4. The van der Waals surface area contributed by atoms with Gasteiger partial charge in [-0.15, -0.1) is 0 Å². The number of piperidine rings is 1. The number of halogens is 1.